The molecule has 0 aromatic heterocycles. The molecule has 0 radical (unpaired) electrons. The quantitative estimate of drug-likeness (QED) is 0.563. The van der Waals surface area contributed by atoms with Crippen LogP contribution >= 0.6 is 10.0 Å². The van der Waals surface area contributed by atoms with Crippen LogP contribution in [-0.2, 0) is 5.75 Å². The number of carbonyl (C=O) groups excluding carboxylic acids is 2. The van der Waals surface area contributed by atoms with E-state index in [1.165, 1.54) is 5.56 Å². The number of primary amides is 1. The van der Waals surface area contributed by atoms with E-state index in [1.54, 1.807) is 12.1 Å². The highest BCUT2D eigenvalue weighted by molar-refractivity contribution is 8.47. The van der Waals surface area contributed by atoms with E-state index < -0.39 is 15.9 Å². The van der Waals surface area contributed by atoms with Crippen LogP contribution in [0.3, 0.4) is 0 Å². The van der Waals surface area contributed by atoms with Crippen LogP contribution in [-0.4, -0.2) is 16.8 Å². The molecule has 0 spiro atoms. The number of allylic oxidation sites excluding steroid dienone is 1. The van der Waals surface area contributed by atoms with Gasteiger partial charge in [0.2, 0.25) is 11.0 Å². The summed E-state index contributed by atoms with van der Waals surface area (Å²) in [5.41, 5.74) is 7.95. The fourth-order valence-corrected chi connectivity index (χ4v) is 7.60. The Morgan fingerprint density at radius 3 is 2.17 bits per heavy atom. The van der Waals surface area contributed by atoms with Crippen LogP contribution in [0.25, 0.3) is 10.8 Å². The van der Waals surface area contributed by atoms with Crippen LogP contribution in [0.15, 0.2) is 78.2 Å². The van der Waals surface area contributed by atoms with Crippen LogP contribution in [0.4, 0.5) is 0 Å². The minimum absolute atomic E-state index is 0.127. The van der Waals surface area contributed by atoms with Crippen molar-refractivity contribution in [1.82, 2.24) is 0 Å². The fraction of sp³-hybridized carbons (Fsp3) is 0.231. The Hall–Kier alpha value is -2.85. The van der Waals surface area contributed by atoms with Crippen molar-refractivity contribution in [2.45, 2.75) is 26.0 Å². The van der Waals surface area contributed by atoms with Crippen molar-refractivity contribution in [3.63, 3.8) is 0 Å². The van der Waals surface area contributed by atoms with Crippen molar-refractivity contribution in [3.8, 4) is 0 Å². The van der Waals surface area contributed by atoms with Crippen molar-refractivity contribution in [2.75, 3.05) is 5.75 Å². The lowest BCUT2D eigenvalue weighted by molar-refractivity contribution is 0.0999. The molecule has 1 aliphatic heterocycles. The predicted octanol–water partition coefficient (Wildman–Crippen LogP) is 6.03. The molecule has 0 saturated heterocycles. The van der Waals surface area contributed by atoms with Gasteiger partial charge in [-0.2, -0.15) is 10.0 Å². The van der Waals surface area contributed by atoms with Gasteiger partial charge in [0.05, 0.1) is 0 Å². The highest BCUT2D eigenvalue weighted by atomic mass is 32.3. The molecule has 0 aliphatic carbocycles. The van der Waals surface area contributed by atoms with Gasteiger partial charge in [-0.1, -0.05) is 62.4 Å². The largest absolute Gasteiger partial charge is 0.366 e. The van der Waals surface area contributed by atoms with E-state index in [2.05, 4.69) is 37.5 Å². The number of hydrogen-bond donors (Lipinski definition) is 1. The maximum Gasteiger partial charge on any atom is 0.248 e. The Labute approximate surface area is 179 Å². The Bertz CT molecular complexity index is 1150. The molecule has 0 bridgehead atoms. The third-order valence-electron chi connectivity index (χ3n) is 5.89. The van der Waals surface area contributed by atoms with E-state index in [1.807, 2.05) is 42.5 Å². The predicted molar refractivity (Wildman–Crippen MR) is 127 cm³/mol. The number of rotatable bonds is 4. The van der Waals surface area contributed by atoms with Gasteiger partial charge in [-0.25, -0.2) is 0 Å². The van der Waals surface area contributed by atoms with Crippen LogP contribution < -0.4 is 5.73 Å². The molecule has 4 heteroatoms. The van der Waals surface area contributed by atoms with Crippen LogP contribution in [0.5, 0.6) is 0 Å². The van der Waals surface area contributed by atoms with Crippen molar-refractivity contribution < 1.29 is 9.59 Å². The molecule has 1 atom stereocenters. The van der Waals surface area contributed by atoms with Gasteiger partial charge in [0, 0.05) is 16.9 Å². The summed E-state index contributed by atoms with van der Waals surface area (Å²) < 4.78 is 0. The van der Waals surface area contributed by atoms with Gasteiger partial charge in [0.15, 0.2) is 0 Å². The SMILES string of the molecule is CC1(C)C=CS(Cc2ccccc2)(C(=O)c2ccc3cc(C(N)=O)ccc3c2)CC1. The Balaban J connectivity index is 1.74. The summed E-state index contributed by atoms with van der Waals surface area (Å²) in [7, 11) is -1.64. The third-order valence-corrected chi connectivity index (χ3v) is 9.30. The molecule has 30 heavy (non-hydrogen) atoms. The van der Waals surface area contributed by atoms with E-state index >= 15 is 0 Å². The molecular weight excluding hydrogens is 390 g/mol. The van der Waals surface area contributed by atoms with Crippen LogP contribution in [0, 0.1) is 5.41 Å². The summed E-state index contributed by atoms with van der Waals surface area (Å²) in [6.07, 6.45) is 3.25. The van der Waals surface area contributed by atoms with Crippen molar-refractivity contribution in [2.24, 2.45) is 11.1 Å². The van der Waals surface area contributed by atoms with Gasteiger partial charge < -0.3 is 5.73 Å². The topological polar surface area (TPSA) is 60.2 Å². The Kier molecular flexibility index (Phi) is 5.29. The number of amides is 1. The van der Waals surface area contributed by atoms with Crippen LogP contribution in [0.1, 0.15) is 46.5 Å². The van der Waals surface area contributed by atoms with Gasteiger partial charge in [-0.3, -0.25) is 9.59 Å². The number of fused-ring (bicyclic) bond motifs is 1. The molecule has 0 saturated carbocycles. The zero-order valence-electron chi connectivity index (χ0n) is 17.4. The minimum Gasteiger partial charge on any atom is -0.366 e. The minimum atomic E-state index is -1.64. The lowest BCUT2D eigenvalue weighted by Gasteiger charge is -2.42. The Morgan fingerprint density at radius 2 is 1.57 bits per heavy atom. The monoisotopic (exact) mass is 417 g/mol. The standard InChI is InChI=1S/C26H27NO2S/c1-26(2)12-14-30(15-13-26,18-19-6-4-3-5-7-19)25(29)23-11-9-20-16-22(24(27)28)10-8-21(20)17-23/h3-12,14,16-17H,13,15,18H2,1-2H3,(H2,27,28). The molecule has 3 aromatic carbocycles. The highest BCUT2D eigenvalue weighted by Crippen LogP contribution is 2.59. The first-order chi connectivity index (χ1) is 14.3. The zero-order chi connectivity index (χ0) is 21.4. The molecule has 2 N–H and O–H groups in total. The van der Waals surface area contributed by atoms with Gasteiger partial charge >= 0.3 is 0 Å². The van der Waals surface area contributed by atoms with E-state index in [-0.39, 0.29) is 10.5 Å². The third kappa shape index (κ3) is 4.05. The summed E-state index contributed by atoms with van der Waals surface area (Å²) in [6, 6.07) is 21.4. The van der Waals surface area contributed by atoms with Gasteiger partial charge in [0.25, 0.3) is 0 Å². The lowest BCUT2D eigenvalue weighted by atomic mass is 9.90. The number of carbonyl (C=O) groups is 2. The maximum absolute atomic E-state index is 13.9. The first-order valence-electron chi connectivity index (χ1n) is 10.2. The van der Waals surface area contributed by atoms with E-state index in [4.69, 9.17) is 5.73 Å². The van der Waals surface area contributed by atoms with E-state index in [9.17, 15) is 9.59 Å². The van der Waals surface area contributed by atoms with E-state index in [0.29, 0.717) is 5.56 Å². The fourth-order valence-electron chi connectivity index (χ4n) is 3.88. The molecule has 1 heterocycles. The van der Waals surface area contributed by atoms with Gasteiger partial charge in [-0.15, -0.1) is 0 Å². The first kappa shape index (κ1) is 20.4. The normalized spacial score (nSPS) is 22.3. The van der Waals surface area contributed by atoms with Crippen molar-refractivity contribution in [3.05, 3.63) is 94.9 Å². The summed E-state index contributed by atoms with van der Waals surface area (Å²) in [6.45, 7) is 4.46. The molecule has 1 amide bonds. The molecule has 4 rings (SSSR count). The average Bonchev–Trinajstić information content (AvgIpc) is 2.75. The van der Waals surface area contributed by atoms with Crippen molar-refractivity contribution in [1.29, 1.82) is 0 Å². The second-order valence-corrected chi connectivity index (χ2v) is 12.0. The van der Waals surface area contributed by atoms with Crippen molar-refractivity contribution >= 4 is 31.8 Å². The number of benzene rings is 3. The Morgan fingerprint density at radius 1 is 0.933 bits per heavy atom. The molecular formula is C26H27NO2S. The smallest absolute Gasteiger partial charge is 0.248 e. The summed E-state index contributed by atoms with van der Waals surface area (Å²) in [4.78, 5) is 25.3. The molecule has 1 unspecified atom stereocenters. The second-order valence-electron chi connectivity index (χ2n) is 8.75. The summed E-state index contributed by atoms with van der Waals surface area (Å²) in [5, 5.41) is 4.32. The number of hydrogen-bond acceptors (Lipinski definition) is 2. The molecule has 154 valence electrons. The molecule has 3 aromatic rings. The number of nitrogens with two attached hydrogens (primary N) is 1. The summed E-state index contributed by atoms with van der Waals surface area (Å²) >= 11 is 0. The van der Waals surface area contributed by atoms with Gasteiger partial charge in [-0.05, 0) is 63.6 Å². The van der Waals surface area contributed by atoms with E-state index in [0.717, 1.165) is 34.3 Å². The molecule has 0 fully saturated rings. The average molecular weight is 418 g/mol. The molecule has 1 aliphatic rings. The van der Waals surface area contributed by atoms with Crippen LogP contribution in [0.2, 0.25) is 0 Å². The first-order valence-corrected chi connectivity index (χ1v) is 12.2. The maximum atomic E-state index is 13.9. The highest BCUT2D eigenvalue weighted by Gasteiger charge is 2.36. The zero-order valence-corrected chi connectivity index (χ0v) is 18.2. The second kappa shape index (κ2) is 7.77. The lowest BCUT2D eigenvalue weighted by Crippen LogP contribution is -2.25. The van der Waals surface area contributed by atoms with Gasteiger partial charge in [0.1, 0.15) is 0 Å². The summed E-state index contributed by atoms with van der Waals surface area (Å²) in [5.74, 6) is 1.24. The molecule has 3 nitrogen and oxygen atoms in total.